The summed E-state index contributed by atoms with van der Waals surface area (Å²) in [6.07, 6.45) is 4.84. The van der Waals surface area contributed by atoms with Crippen LogP contribution in [0.1, 0.15) is 37.2 Å². The fourth-order valence-corrected chi connectivity index (χ4v) is 3.77. The number of nitrogens with one attached hydrogen (secondary N) is 1. The quantitative estimate of drug-likeness (QED) is 0.904. The van der Waals surface area contributed by atoms with Crippen molar-refractivity contribution in [1.82, 2.24) is 10.2 Å². The summed E-state index contributed by atoms with van der Waals surface area (Å²) < 4.78 is 5.66. The molecule has 1 amide bonds. The van der Waals surface area contributed by atoms with Crippen molar-refractivity contribution in [1.29, 1.82) is 0 Å². The van der Waals surface area contributed by atoms with Crippen LogP contribution < -0.4 is 5.32 Å². The predicted octanol–water partition coefficient (Wildman–Crippen LogP) is 2.33. The Balaban J connectivity index is 1.29. The molecule has 4 rings (SSSR count). The molecule has 2 atom stereocenters. The van der Waals surface area contributed by atoms with Gasteiger partial charge >= 0.3 is 0 Å². The maximum atomic E-state index is 12.2. The Morgan fingerprint density at radius 3 is 3.05 bits per heavy atom. The molecule has 0 radical (unpaired) electrons. The molecule has 4 heteroatoms. The molecule has 1 spiro atoms. The zero-order valence-electron chi connectivity index (χ0n) is 12.7. The van der Waals surface area contributed by atoms with Crippen molar-refractivity contribution < 1.29 is 9.21 Å². The van der Waals surface area contributed by atoms with Crippen LogP contribution in [0.25, 0.3) is 0 Å². The summed E-state index contributed by atoms with van der Waals surface area (Å²) in [6.45, 7) is 5.91. The van der Waals surface area contributed by atoms with E-state index in [2.05, 4.69) is 16.3 Å². The van der Waals surface area contributed by atoms with E-state index in [-0.39, 0.29) is 11.3 Å². The third-order valence-corrected chi connectivity index (χ3v) is 5.41. The van der Waals surface area contributed by atoms with Crippen LogP contribution in [0.5, 0.6) is 0 Å². The lowest BCUT2D eigenvalue weighted by molar-refractivity contribution is -0.123. The first-order valence-electron chi connectivity index (χ1n) is 8.20. The maximum absolute atomic E-state index is 12.2. The highest BCUT2D eigenvalue weighted by molar-refractivity contribution is 5.82. The molecule has 1 saturated heterocycles. The van der Waals surface area contributed by atoms with Gasteiger partial charge in [-0.25, -0.2) is 0 Å². The Kier molecular flexibility index (Phi) is 3.10. The molecule has 2 saturated carbocycles. The lowest BCUT2D eigenvalue weighted by Crippen LogP contribution is -2.30. The van der Waals surface area contributed by atoms with Gasteiger partial charge in [-0.15, -0.1) is 0 Å². The minimum atomic E-state index is 0.264. The highest BCUT2D eigenvalue weighted by atomic mass is 16.3. The average molecular weight is 288 g/mol. The molecular weight excluding hydrogens is 264 g/mol. The number of amides is 1. The highest BCUT2D eigenvalue weighted by Gasteiger charge is 2.60. The Labute approximate surface area is 125 Å². The van der Waals surface area contributed by atoms with Gasteiger partial charge in [0, 0.05) is 19.0 Å². The summed E-state index contributed by atoms with van der Waals surface area (Å²) in [7, 11) is 0. The van der Waals surface area contributed by atoms with Crippen LogP contribution in [0.4, 0.5) is 0 Å². The van der Waals surface area contributed by atoms with E-state index in [0.29, 0.717) is 5.91 Å². The molecule has 4 nitrogen and oxygen atoms in total. The van der Waals surface area contributed by atoms with Crippen LogP contribution in [0, 0.1) is 24.2 Å². The van der Waals surface area contributed by atoms with E-state index in [1.165, 1.54) is 12.8 Å². The first-order valence-corrected chi connectivity index (χ1v) is 8.20. The Hall–Kier alpha value is -1.29. The van der Waals surface area contributed by atoms with Crippen molar-refractivity contribution in [3.63, 3.8) is 0 Å². The highest BCUT2D eigenvalue weighted by Crippen LogP contribution is 2.58. The Morgan fingerprint density at radius 2 is 2.33 bits per heavy atom. The van der Waals surface area contributed by atoms with Crippen LogP contribution in [0.3, 0.4) is 0 Å². The number of carbonyl (C=O) groups is 1. The lowest BCUT2D eigenvalue weighted by atomic mass is 10.0. The molecule has 0 bridgehead atoms. The SMILES string of the molecule is Cc1ccc(CN2CC[C@]3(C[C@H]3C(=O)NCC3CC3)C2)o1. The summed E-state index contributed by atoms with van der Waals surface area (Å²) in [4.78, 5) is 14.7. The first-order chi connectivity index (χ1) is 10.1. The lowest BCUT2D eigenvalue weighted by Gasteiger charge is -2.14. The predicted molar refractivity (Wildman–Crippen MR) is 79.6 cm³/mol. The van der Waals surface area contributed by atoms with Gasteiger partial charge in [-0.1, -0.05) is 0 Å². The molecule has 2 heterocycles. The number of hydrogen-bond donors (Lipinski definition) is 1. The van der Waals surface area contributed by atoms with Crippen molar-refractivity contribution >= 4 is 5.91 Å². The molecule has 1 N–H and O–H groups in total. The molecule has 3 fully saturated rings. The molecule has 1 aromatic rings. The summed E-state index contributed by atoms with van der Waals surface area (Å²) in [6, 6.07) is 4.08. The van der Waals surface area contributed by atoms with Gasteiger partial charge in [0.15, 0.2) is 0 Å². The van der Waals surface area contributed by atoms with E-state index in [1.807, 2.05) is 13.0 Å². The van der Waals surface area contributed by atoms with E-state index in [0.717, 1.165) is 56.5 Å². The zero-order valence-corrected chi connectivity index (χ0v) is 12.7. The number of hydrogen-bond acceptors (Lipinski definition) is 3. The monoisotopic (exact) mass is 288 g/mol. The van der Waals surface area contributed by atoms with Crippen molar-refractivity contribution in [2.45, 2.75) is 39.2 Å². The minimum absolute atomic E-state index is 0.264. The molecule has 21 heavy (non-hydrogen) atoms. The van der Waals surface area contributed by atoms with E-state index in [9.17, 15) is 4.79 Å². The van der Waals surface area contributed by atoms with Crippen LogP contribution in [0.15, 0.2) is 16.5 Å². The van der Waals surface area contributed by atoms with Gasteiger partial charge in [0.2, 0.25) is 5.91 Å². The van der Waals surface area contributed by atoms with Gasteiger partial charge in [0.25, 0.3) is 0 Å². The minimum Gasteiger partial charge on any atom is -0.465 e. The maximum Gasteiger partial charge on any atom is 0.223 e. The third-order valence-electron chi connectivity index (χ3n) is 5.41. The fourth-order valence-electron chi connectivity index (χ4n) is 3.77. The van der Waals surface area contributed by atoms with Crippen molar-refractivity contribution in [3.05, 3.63) is 23.7 Å². The largest absolute Gasteiger partial charge is 0.465 e. The second-order valence-corrected chi connectivity index (χ2v) is 7.28. The number of nitrogens with zero attached hydrogens (tertiary/aromatic N) is 1. The molecular formula is C17H24N2O2. The normalized spacial score (nSPS) is 31.8. The van der Waals surface area contributed by atoms with E-state index in [1.54, 1.807) is 0 Å². The van der Waals surface area contributed by atoms with Gasteiger partial charge in [-0.3, -0.25) is 9.69 Å². The van der Waals surface area contributed by atoms with Crippen LogP contribution in [-0.2, 0) is 11.3 Å². The molecule has 1 aromatic heterocycles. The van der Waals surface area contributed by atoms with Crippen molar-refractivity contribution in [2.24, 2.45) is 17.3 Å². The van der Waals surface area contributed by atoms with Crippen LogP contribution in [-0.4, -0.2) is 30.4 Å². The Morgan fingerprint density at radius 1 is 1.48 bits per heavy atom. The Bertz CT molecular complexity index is 549. The van der Waals surface area contributed by atoms with Gasteiger partial charge in [-0.05, 0) is 62.6 Å². The van der Waals surface area contributed by atoms with Crippen molar-refractivity contribution in [2.75, 3.05) is 19.6 Å². The zero-order chi connectivity index (χ0) is 14.4. The van der Waals surface area contributed by atoms with Crippen LogP contribution >= 0.6 is 0 Å². The van der Waals surface area contributed by atoms with Gasteiger partial charge in [0.1, 0.15) is 11.5 Å². The second kappa shape index (κ2) is 4.87. The molecule has 0 unspecified atom stereocenters. The summed E-state index contributed by atoms with van der Waals surface area (Å²) >= 11 is 0. The van der Waals surface area contributed by atoms with Gasteiger partial charge in [-0.2, -0.15) is 0 Å². The number of likely N-dealkylation sites (tertiary alicyclic amines) is 1. The van der Waals surface area contributed by atoms with Crippen LogP contribution in [0.2, 0.25) is 0 Å². The van der Waals surface area contributed by atoms with Gasteiger partial charge < -0.3 is 9.73 Å². The van der Waals surface area contributed by atoms with E-state index >= 15 is 0 Å². The van der Waals surface area contributed by atoms with Gasteiger partial charge in [0.05, 0.1) is 6.54 Å². The topological polar surface area (TPSA) is 45.5 Å². The number of aryl methyl sites for hydroxylation is 1. The summed E-state index contributed by atoms with van der Waals surface area (Å²) in [5.41, 5.74) is 0.273. The number of carbonyl (C=O) groups excluding carboxylic acids is 1. The molecule has 0 aromatic carbocycles. The third kappa shape index (κ3) is 2.73. The van der Waals surface area contributed by atoms with Crippen molar-refractivity contribution in [3.8, 4) is 0 Å². The average Bonchev–Trinajstić information content (AvgIpc) is 3.32. The fraction of sp³-hybridized carbons (Fsp3) is 0.706. The second-order valence-electron chi connectivity index (χ2n) is 7.28. The molecule has 1 aliphatic heterocycles. The molecule has 114 valence electrons. The smallest absolute Gasteiger partial charge is 0.223 e. The standard InChI is InChI=1S/C17H24N2O2/c1-12-2-5-14(21-12)10-19-7-6-17(11-19)8-15(17)16(20)18-9-13-3-4-13/h2,5,13,15H,3-4,6-11H2,1H3,(H,18,20)/t15-,17-/m0/s1. The number of rotatable bonds is 5. The number of furan rings is 1. The summed E-state index contributed by atoms with van der Waals surface area (Å²) in [5.74, 6) is 3.35. The van der Waals surface area contributed by atoms with E-state index in [4.69, 9.17) is 4.42 Å². The molecule has 3 aliphatic rings. The molecule has 2 aliphatic carbocycles. The van der Waals surface area contributed by atoms with E-state index < -0.39 is 0 Å². The summed E-state index contributed by atoms with van der Waals surface area (Å²) in [5, 5.41) is 3.15. The first kappa shape index (κ1) is 13.4.